The molecule has 0 saturated carbocycles. The summed E-state index contributed by atoms with van der Waals surface area (Å²) in [6.07, 6.45) is 10.6. The Kier molecular flexibility index (Phi) is 6.55. The predicted octanol–water partition coefficient (Wildman–Crippen LogP) is 6.49. The third kappa shape index (κ3) is 4.51. The molecule has 3 aromatic rings. The van der Waals surface area contributed by atoms with Gasteiger partial charge in [-0.05, 0) is 81.7 Å². The fraction of sp³-hybridized carbons (Fsp3) is 0.276. The fourth-order valence-corrected chi connectivity index (χ4v) is 4.17. The number of fused-ring (bicyclic) bond motifs is 2. The van der Waals surface area contributed by atoms with Crippen LogP contribution in [0.4, 0.5) is 5.69 Å². The van der Waals surface area contributed by atoms with E-state index in [1.807, 2.05) is 6.07 Å². The van der Waals surface area contributed by atoms with Gasteiger partial charge in [0.15, 0.2) is 11.9 Å². The Hall–Kier alpha value is -3.53. The van der Waals surface area contributed by atoms with Crippen molar-refractivity contribution >= 4 is 22.7 Å². The van der Waals surface area contributed by atoms with Crippen LogP contribution in [0.2, 0.25) is 0 Å². The molecule has 1 aliphatic rings. The van der Waals surface area contributed by atoms with Crippen LogP contribution in [0.25, 0.3) is 17.0 Å². The number of hydrogen-bond donors (Lipinski definition) is 0. The zero-order valence-electron chi connectivity index (χ0n) is 20.5. The molecular formula is C29H33N2O2+. The molecule has 0 saturated heterocycles. The molecule has 0 N–H and O–H groups in total. The number of methoxy groups -OCH3 is 1. The summed E-state index contributed by atoms with van der Waals surface area (Å²) in [6, 6.07) is 12.7. The van der Waals surface area contributed by atoms with Crippen molar-refractivity contribution in [1.82, 2.24) is 0 Å². The van der Waals surface area contributed by atoms with Gasteiger partial charge in [0.05, 0.1) is 18.2 Å². The lowest BCUT2D eigenvalue weighted by molar-refractivity contribution is -0.667. The highest BCUT2D eigenvalue weighted by molar-refractivity contribution is 5.87. The Labute approximate surface area is 197 Å². The number of pyridine rings is 1. The minimum atomic E-state index is 0.860. The topological polar surface area (TPSA) is 25.6 Å². The van der Waals surface area contributed by atoms with Crippen molar-refractivity contribution in [2.75, 3.05) is 18.6 Å². The molecule has 2 heterocycles. The Morgan fingerprint density at radius 1 is 1.09 bits per heavy atom. The SMILES string of the molecule is CCN1/C(=C/C=C(C)/C=C/c2cc[n+](CC)c3ccc(OC)cc23)Oc2cc(C)c(C)cc21. The van der Waals surface area contributed by atoms with Gasteiger partial charge >= 0.3 is 0 Å². The Balaban J connectivity index is 1.61. The smallest absolute Gasteiger partial charge is 0.213 e. The maximum Gasteiger partial charge on any atom is 0.213 e. The molecule has 0 bridgehead atoms. The average Bonchev–Trinajstić information content (AvgIpc) is 3.16. The van der Waals surface area contributed by atoms with Gasteiger partial charge in [0, 0.05) is 18.7 Å². The van der Waals surface area contributed by atoms with E-state index in [9.17, 15) is 0 Å². The van der Waals surface area contributed by atoms with E-state index in [-0.39, 0.29) is 0 Å². The van der Waals surface area contributed by atoms with E-state index < -0.39 is 0 Å². The van der Waals surface area contributed by atoms with Gasteiger partial charge in [-0.2, -0.15) is 4.57 Å². The summed E-state index contributed by atoms with van der Waals surface area (Å²) in [4.78, 5) is 2.22. The molecule has 4 nitrogen and oxygen atoms in total. The number of hydrogen-bond acceptors (Lipinski definition) is 3. The minimum absolute atomic E-state index is 0.860. The van der Waals surface area contributed by atoms with Crippen molar-refractivity contribution in [3.05, 3.63) is 89.0 Å². The number of rotatable bonds is 6. The first-order valence-electron chi connectivity index (χ1n) is 11.6. The summed E-state index contributed by atoms with van der Waals surface area (Å²) >= 11 is 0. The molecular weight excluding hydrogens is 408 g/mol. The summed E-state index contributed by atoms with van der Waals surface area (Å²) in [5, 5.41) is 1.18. The van der Waals surface area contributed by atoms with Gasteiger partial charge in [0.2, 0.25) is 11.4 Å². The number of anilines is 1. The fourth-order valence-electron chi connectivity index (χ4n) is 4.17. The second-order valence-electron chi connectivity index (χ2n) is 8.44. The first-order chi connectivity index (χ1) is 15.9. The van der Waals surface area contributed by atoms with Crippen LogP contribution >= 0.6 is 0 Å². The zero-order chi connectivity index (χ0) is 23.5. The summed E-state index contributed by atoms with van der Waals surface area (Å²) in [6.45, 7) is 12.5. The largest absolute Gasteiger partial charge is 0.497 e. The van der Waals surface area contributed by atoms with Crippen molar-refractivity contribution in [2.45, 2.75) is 41.2 Å². The molecule has 0 fully saturated rings. The summed E-state index contributed by atoms with van der Waals surface area (Å²) < 4.78 is 13.9. The molecule has 2 aromatic carbocycles. The molecule has 0 amide bonds. The molecule has 4 heteroatoms. The maximum atomic E-state index is 6.17. The van der Waals surface area contributed by atoms with E-state index in [0.29, 0.717) is 0 Å². The van der Waals surface area contributed by atoms with E-state index >= 15 is 0 Å². The molecule has 1 aliphatic heterocycles. The van der Waals surface area contributed by atoms with Gasteiger partial charge in [0.1, 0.15) is 12.3 Å². The lowest BCUT2D eigenvalue weighted by atomic mass is 10.1. The van der Waals surface area contributed by atoms with Gasteiger partial charge in [-0.15, -0.1) is 0 Å². The van der Waals surface area contributed by atoms with Crippen LogP contribution in [0.15, 0.2) is 72.3 Å². The van der Waals surface area contributed by atoms with Crippen molar-refractivity contribution in [1.29, 1.82) is 0 Å². The Morgan fingerprint density at radius 2 is 1.88 bits per heavy atom. The molecule has 0 spiro atoms. The molecule has 1 aromatic heterocycles. The average molecular weight is 442 g/mol. The van der Waals surface area contributed by atoms with E-state index in [1.54, 1.807) is 7.11 Å². The van der Waals surface area contributed by atoms with Crippen LogP contribution in [0, 0.1) is 13.8 Å². The van der Waals surface area contributed by atoms with E-state index in [0.717, 1.165) is 41.7 Å². The number of nitrogens with zero attached hydrogens (tertiary/aromatic N) is 2. The number of allylic oxidation sites excluding steroid dienone is 4. The Morgan fingerprint density at radius 3 is 2.61 bits per heavy atom. The van der Waals surface area contributed by atoms with Crippen LogP contribution in [0.3, 0.4) is 0 Å². The van der Waals surface area contributed by atoms with Gasteiger partial charge in [-0.1, -0.05) is 23.8 Å². The summed E-state index contributed by atoms with van der Waals surface area (Å²) in [5.74, 6) is 2.66. The lowest BCUT2D eigenvalue weighted by Crippen LogP contribution is -2.32. The van der Waals surface area contributed by atoms with Gasteiger partial charge < -0.3 is 14.4 Å². The van der Waals surface area contributed by atoms with Gasteiger partial charge in [-0.3, -0.25) is 0 Å². The number of benzene rings is 2. The van der Waals surface area contributed by atoms with Crippen LogP contribution < -0.4 is 18.9 Å². The lowest BCUT2D eigenvalue weighted by Gasteiger charge is -2.15. The van der Waals surface area contributed by atoms with E-state index in [1.165, 1.54) is 27.6 Å². The number of ether oxygens (including phenoxy) is 2. The molecule has 33 heavy (non-hydrogen) atoms. The quantitative estimate of drug-likeness (QED) is 0.323. The highest BCUT2D eigenvalue weighted by Crippen LogP contribution is 2.40. The first kappa shape index (κ1) is 22.7. The molecule has 4 rings (SSSR count). The summed E-state index contributed by atoms with van der Waals surface area (Å²) in [5.41, 5.74) is 7.18. The standard InChI is InChI=1S/C29H33N2O2/c1-7-30-16-15-23(25-19-24(32-6)12-13-26(25)30)11-9-20(3)10-14-29-31(8-2)27-17-21(4)22(5)18-28(27)33-29/h9-19H,7-8H2,1-6H3/q+1. The Bertz CT molecular complexity index is 1280. The van der Waals surface area contributed by atoms with E-state index in [2.05, 4.69) is 105 Å². The van der Waals surface area contributed by atoms with Crippen molar-refractivity contribution in [3.8, 4) is 11.5 Å². The molecule has 0 radical (unpaired) electrons. The van der Waals surface area contributed by atoms with Crippen LogP contribution in [0.1, 0.15) is 37.5 Å². The third-order valence-electron chi connectivity index (χ3n) is 6.28. The minimum Gasteiger partial charge on any atom is -0.497 e. The second kappa shape index (κ2) is 9.53. The van der Waals surface area contributed by atoms with Gasteiger partial charge in [0.25, 0.3) is 0 Å². The van der Waals surface area contributed by atoms with Crippen molar-refractivity contribution < 1.29 is 14.0 Å². The van der Waals surface area contributed by atoms with E-state index in [4.69, 9.17) is 9.47 Å². The van der Waals surface area contributed by atoms with Crippen molar-refractivity contribution in [3.63, 3.8) is 0 Å². The van der Waals surface area contributed by atoms with Crippen molar-refractivity contribution in [2.24, 2.45) is 0 Å². The highest BCUT2D eigenvalue weighted by atomic mass is 16.5. The van der Waals surface area contributed by atoms with Crippen LogP contribution in [0.5, 0.6) is 11.5 Å². The first-order valence-corrected chi connectivity index (χ1v) is 11.6. The number of aryl methyl sites for hydroxylation is 3. The van der Waals surface area contributed by atoms with Crippen LogP contribution in [-0.4, -0.2) is 13.7 Å². The maximum absolute atomic E-state index is 6.17. The number of aromatic nitrogens is 1. The highest BCUT2D eigenvalue weighted by Gasteiger charge is 2.25. The monoisotopic (exact) mass is 441 g/mol. The molecule has 170 valence electrons. The normalized spacial score (nSPS) is 14.9. The molecule has 0 atom stereocenters. The molecule has 0 unspecified atom stereocenters. The van der Waals surface area contributed by atoms with Crippen LogP contribution in [-0.2, 0) is 6.54 Å². The third-order valence-corrected chi connectivity index (χ3v) is 6.28. The summed E-state index contributed by atoms with van der Waals surface area (Å²) in [7, 11) is 1.71. The second-order valence-corrected chi connectivity index (χ2v) is 8.44. The zero-order valence-corrected chi connectivity index (χ0v) is 20.5. The molecule has 0 aliphatic carbocycles. The predicted molar refractivity (Wildman–Crippen MR) is 137 cm³/mol. The van der Waals surface area contributed by atoms with Gasteiger partial charge in [-0.25, -0.2) is 0 Å².